The molecule has 2 heterocycles. The molecule has 0 bridgehead atoms. The van der Waals surface area contributed by atoms with Gasteiger partial charge in [-0.1, -0.05) is 6.92 Å². The molecule has 0 fully saturated rings. The Bertz CT molecular complexity index is 539. The maximum absolute atomic E-state index is 12.7. The number of hydrogen-bond acceptors (Lipinski definition) is 4. The summed E-state index contributed by atoms with van der Waals surface area (Å²) >= 11 is 0. The Hall–Kier alpha value is -2.12. The number of halogens is 3. The zero-order chi connectivity index (χ0) is 13.9. The van der Waals surface area contributed by atoms with Crippen molar-refractivity contribution < 1.29 is 17.9 Å². The number of hydrogen-bond donors (Lipinski definition) is 1. The van der Waals surface area contributed by atoms with E-state index in [2.05, 4.69) is 20.2 Å². The fraction of sp³-hybridized carbons (Fsp3) is 0.364. The van der Waals surface area contributed by atoms with Crippen LogP contribution in [-0.4, -0.2) is 26.8 Å². The maximum atomic E-state index is 12.7. The van der Waals surface area contributed by atoms with E-state index < -0.39 is 11.9 Å². The highest BCUT2D eigenvalue weighted by Crippen LogP contribution is 2.32. The normalized spacial score (nSPS) is 11.6. The van der Waals surface area contributed by atoms with Crippen molar-refractivity contribution in [2.75, 3.05) is 6.61 Å². The lowest BCUT2D eigenvalue weighted by atomic mass is 10.2. The van der Waals surface area contributed by atoms with Gasteiger partial charge in [-0.25, -0.2) is 9.97 Å². The van der Waals surface area contributed by atoms with Crippen molar-refractivity contribution in [1.29, 1.82) is 0 Å². The lowest BCUT2D eigenvalue weighted by molar-refractivity contribution is -0.141. The van der Waals surface area contributed by atoms with Crippen LogP contribution in [0.4, 0.5) is 13.2 Å². The fourth-order valence-corrected chi connectivity index (χ4v) is 1.41. The molecule has 2 rings (SSSR count). The van der Waals surface area contributed by atoms with Gasteiger partial charge in [0.25, 0.3) is 0 Å². The maximum Gasteiger partial charge on any atom is 0.433 e. The van der Waals surface area contributed by atoms with Gasteiger partial charge >= 0.3 is 6.18 Å². The van der Waals surface area contributed by atoms with Gasteiger partial charge in [0.05, 0.1) is 6.61 Å². The Kier molecular flexibility index (Phi) is 3.68. The van der Waals surface area contributed by atoms with Gasteiger partial charge in [0.15, 0.2) is 5.82 Å². The van der Waals surface area contributed by atoms with E-state index in [0.29, 0.717) is 13.0 Å². The van der Waals surface area contributed by atoms with E-state index in [1.807, 2.05) is 6.92 Å². The average molecular weight is 272 g/mol. The van der Waals surface area contributed by atoms with Gasteiger partial charge in [0.2, 0.25) is 5.88 Å². The first kappa shape index (κ1) is 13.3. The number of nitrogens with zero attached hydrogens (tertiary/aromatic N) is 3. The molecule has 0 aliphatic carbocycles. The standard InChI is InChI=1S/C11H11F3N4O/c1-2-3-19-9-5-7(10-15-6-16-18-10)4-8(17-9)11(12,13)14/h4-6H,2-3H2,1H3,(H,15,16,18). The van der Waals surface area contributed by atoms with Crippen molar-refractivity contribution in [1.82, 2.24) is 20.2 Å². The third kappa shape index (κ3) is 3.21. The summed E-state index contributed by atoms with van der Waals surface area (Å²) < 4.78 is 43.4. The molecule has 0 aliphatic heterocycles. The Labute approximate surface area is 106 Å². The van der Waals surface area contributed by atoms with Crippen molar-refractivity contribution in [2.45, 2.75) is 19.5 Å². The van der Waals surface area contributed by atoms with Crippen LogP contribution in [0.1, 0.15) is 19.0 Å². The summed E-state index contributed by atoms with van der Waals surface area (Å²) in [5.74, 6) is 0.150. The van der Waals surface area contributed by atoms with Gasteiger partial charge < -0.3 is 4.74 Å². The Morgan fingerprint density at radius 3 is 2.68 bits per heavy atom. The topological polar surface area (TPSA) is 63.7 Å². The second-order valence-corrected chi connectivity index (χ2v) is 3.76. The van der Waals surface area contributed by atoms with E-state index in [0.717, 1.165) is 6.07 Å². The molecule has 19 heavy (non-hydrogen) atoms. The van der Waals surface area contributed by atoms with Crippen LogP contribution in [-0.2, 0) is 6.18 Å². The van der Waals surface area contributed by atoms with Crippen molar-refractivity contribution in [3.8, 4) is 17.3 Å². The van der Waals surface area contributed by atoms with Crippen LogP contribution < -0.4 is 4.74 Å². The Morgan fingerprint density at radius 1 is 1.32 bits per heavy atom. The van der Waals surface area contributed by atoms with E-state index in [-0.39, 0.29) is 17.3 Å². The predicted molar refractivity (Wildman–Crippen MR) is 60.4 cm³/mol. The van der Waals surface area contributed by atoms with E-state index >= 15 is 0 Å². The van der Waals surface area contributed by atoms with E-state index in [9.17, 15) is 13.2 Å². The molecular weight excluding hydrogens is 261 g/mol. The van der Waals surface area contributed by atoms with Crippen LogP contribution in [0, 0.1) is 0 Å². The molecule has 1 N–H and O–H groups in total. The van der Waals surface area contributed by atoms with Crippen molar-refractivity contribution in [3.63, 3.8) is 0 Å². The Morgan fingerprint density at radius 2 is 2.11 bits per heavy atom. The van der Waals surface area contributed by atoms with E-state index in [1.165, 1.54) is 12.4 Å². The SMILES string of the molecule is CCCOc1cc(-c2ncn[nH]2)cc(C(F)(F)F)n1. The minimum atomic E-state index is -4.54. The first-order valence-corrected chi connectivity index (χ1v) is 5.58. The first-order chi connectivity index (χ1) is 9.00. The Balaban J connectivity index is 2.43. The summed E-state index contributed by atoms with van der Waals surface area (Å²) in [6.45, 7) is 2.15. The first-order valence-electron chi connectivity index (χ1n) is 5.58. The highest BCUT2D eigenvalue weighted by Gasteiger charge is 2.33. The zero-order valence-electron chi connectivity index (χ0n) is 10.0. The lowest BCUT2D eigenvalue weighted by Gasteiger charge is -2.10. The van der Waals surface area contributed by atoms with Crippen LogP contribution in [0.5, 0.6) is 5.88 Å². The van der Waals surface area contributed by atoms with Crippen molar-refractivity contribution in [3.05, 3.63) is 24.2 Å². The van der Waals surface area contributed by atoms with Gasteiger partial charge in [-0.3, -0.25) is 5.10 Å². The number of aromatic amines is 1. The second-order valence-electron chi connectivity index (χ2n) is 3.76. The van der Waals surface area contributed by atoms with Crippen molar-refractivity contribution >= 4 is 0 Å². The number of rotatable bonds is 4. The minimum absolute atomic E-state index is 0.0805. The molecule has 0 aromatic carbocycles. The lowest BCUT2D eigenvalue weighted by Crippen LogP contribution is -2.10. The molecule has 0 saturated carbocycles. The smallest absolute Gasteiger partial charge is 0.433 e. The van der Waals surface area contributed by atoms with Crippen LogP contribution in [0.15, 0.2) is 18.5 Å². The molecule has 102 valence electrons. The summed E-state index contributed by atoms with van der Waals surface area (Å²) in [4.78, 5) is 7.26. The minimum Gasteiger partial charge on any atom is -0.478 e. The summed E-state index contributed by atoms with van der Waals surface area (Å²) in [5.41, 5.74) is -0.793. The summed E-state index contributed by atoms with van der Waals surface area (Å²) in [5, 5.41) is 6.11. The van der Waals surface area contributed by atoms with Gasteiger partial charge in [-0.05, 0) is 12.5 Å². The van der Waals surface area contributed by atoms with Crippen molar-refractivity contribution in [2.24, 2.45) is 0 Å². The molecule has 2 aromatic heterocycles. The number of pyridine rings is 1. The molecule has 8 heteroatoms. The monoisotopic (exact) mass is 272 g/mol. The third-order valence-electron chi connectivity index (χ3n) is 2.23. The van der Waals surface area contributed by atoms with Crippen LogP contribution >= 0.6 is 0 Å². The quantitative estimate of drug-likeness (QED) is 0.929. The van der Waals surface area contributed by atoms with Crippen LogP contribution in [0.3, 0.4) is 0 Å². The van der Waals surface area contributed by atoms with E-state index in [4.69, 9.17) is 4.74 Å². The predicted octanol–water partition coefficient (Wildman–Crippen LogP) is 2.67. The number of aromatic nitrogens is 4. The average Bonchev–Trinajstić information content (AvgIpc) is 2.89. The second kappa shape index (κ2) is 5.25. The molecule has 0 aliphatic rings. The molecule has 0 unspecified atom stereocenters. The molecule has 0 atom stereocenters. The van der Waals surface area contributed by atoms with Gasteiger partial charge in [0, 0.05) is 11.6 Å². The summed E-state index contributed by atoms with van der Waals surface area (Å²) in [7, 11) is 0. The molecule has 0 spiro atoms. The van der Waals surface area contributed by atoms with Crippen LogP contribution in [0.2, 0.25) is 0 Å². The van der Waals surface area contributed by atoms with Gasteiger partial charge in [-0.2, -0.15) is 18.3 Å². The van der Waals surface area contributed by atoms with E-state index in [1.54, 1.807) is 0 Å². The third-order valence-corrected chi connectivity index (χ3v) is 2.23. The molecule has 0 saturated heterocycles. The van der Waals surface area contributed by atoms with Gasteiger partial charge in [-0.15, -0.1) is 0 Å². The highest BCUT2D eigenvalue weighted by atomic mass is 19.4. The molecular formula is C11H11F3N4O. The molecule has 0 amide bonds. The fourth-order valence-electron chi connectivity index (χ4n) is 1.41. The van der Waals surface area contributed by atoms with Crippen LogP contribution in [0.25, 0.3) is 11.4 Å². The number of nitrogens with one attached hydrogen (secondary N) is 1. The van der Waals surface area contributed by atoms with Gasteiger partial charge in [0.1, 0.15) is 12.0 Å². The molecule has 5 nitrogen and oxygen atoms in total. The highest BCUT2D eigenvalue weighted by molar-refractivity contribution is 5.56. The summed E-state index contributed by atoms with van der Waals surface area (Å²) in [6, 6.07) is 2.30. The molecule has 0 radical (unpaired) electrons. The zero-order valence-corrected chi connectivity index (χ0v) is 10.0. The number of ether oxygens (including phenoxy) is 1. The number of alkyl halides is 3. The largest absolute Gasteiger partial charge is 0.478 e. The summed E-state index contributed by atoms with van der Waals surface area (Å²) in [6.07, 6.45) is -2.65. The molecule has 2 aromatic rings. The number of H-pyrrole nitrogens is 1.